The average molecular weight is 364 g/mol. The molecule has 0 atom stereocenters. The summed E-state index contributed by atoms with van der Waals surface area (Å²) in [5, 5.41) is 19.1. The normalized spacial score (nSPS) is 14.1. The van der Waals surface area contributed by atoms with Crippen molar-refractivity contribution in [3.05, 3.63) is 69.6 Å². The molecule has 1 aromatic heterocycles. The lowest BCUT2D eigenvalue weighted by Crippen LogP contribution is -2.35. The van der Waals surface area contributed by atoms with Crippen molar-refractivity contribution in [1.29, 1.82) is 0 Å². The van der Waals surface area contributed by atoms with Crippen LogP contribution in [0.15, 0.2) is 47.3 Å². The zero-order chi connectivity index (χ0) is 19.0. The van der Waals surface area contributed by atoms with Crippen LogP contribution in [0.5, 0.6) is 11.5 Å². The predicted molar refractivity (Wildman–Crippen MR) is 102 cm³/mol. The third-order valence-corrected chi connectivity index (χ3v) is 4.78. The Hall–Kier alpha value is -3.32. The van der Waals surface area contributed by atoms with Gasteiger partial charge in [-0.05, 0) is 48.4 Å². The molecule has 0 saturated heterocycles. The minimum Gasteiger partial charge on any atom is -0.504 e. The first kappa shape index (κ1) is 17.1. The van der Waals surface area contributed by atoms with Crippen LogP contribution >= 0.6 is 0 Å². The second kappa shape index (κ2) is 6.77. The summed E-state index contributed by atoms with van der Waals surface area (Å²) in [7, 11) is 0. The number of anilines is 1. The van der Waals surface area contributed by atoms with Gasteiger partial charge in [-0.15, -0.1) is 0 Å². The van der Waals surface area contributed by atoms with E-state index in [0.29, 0.717) is 31.0 Å². The smallest absolute Gasteiger partial charge is 0.254 e. The monoisotopic (exact) mass is 364 g/mol. The standard InChI is InChI=1S/C20H20N4O3/c21-14-4-2-13(3-5-14)19-22-16-11-24(8-7-15(16)20(27)23-19)10-12-1-6-17(25)18(26)9-12/h1-6,9,25-26H,7-8,10-11,21H2,(H,22,23,27). The Kier molecular flexibility index (Phi) is 4.29. The van der Waals surface area contributed by atoms with Crippen LogP contribution in [0.4, 0.5) is 5.69 Å². The summed E-state index contributed by atoms with van der Waals surface area (Å²) in [5.41, 5.74) is 9.46. The highest BCUT2D eigenvalue weighted by atomic mass is 16.3. The lowest BCUT2D eigenvalue weighted by atomic mass is 10.0. The number of benzene rings is 2. The van der Waals surface area contributed by atoms with Crippen molar-refractivity contribution < 1.29 is 10.2 Å². The number of nitrogen functional groups attached to an aromatic ring is 1. The number of H-pyrrole nitrogens is 1. The summed E-state index contributed by atoms with van der Waals surface area (Å²) in [6.45, 7) is 1.86. The summed E-state index contributed by atoms with van der Waals surface area (Å²) >= 11 is 0. The molecular weight excluding hydrogens is 344 g/mol. The van der Waals surface area contributed by atoms with Crippen LogP contribution in [0.1, 0.15) is 16.8 Å². The van der Waals surface area contributed by atoms with Gasteiger partial charge in [-0.25, -0.2) is 4.98 Å². The van der Waals surface area contributed by atoms with Crippen LogP contribution in [0.3, 0.4) is 0 Å². The van der Waals surface area contributed by atoms with E-state index in [4.69, 9.17) is 5.73 Å². The van der Waals surface area contributed by atoms with E-state index in [1.807, 2.05) is 12.1 Å². The molecule has 0 radical (unpaired) electrons. The fourth-order valence-electron chi connectivity index (χ4n) is 3.33. The number of rotatable bonds is 3. The Morgan fingerprint density at radius 1 is 1.11 bits per heavy atom. The van der Waals surface area contributed by atoms with E-state index < -0.39 is 0 Å². The molecule has 4 rings (SSSR count). The van der Waals surface area contributed by atoms with Gasteiger partial charge in [0.2, 0.25) is 0 Å². The van der Waals surface area contributed by atoms with Crippen molar-refractivity contribution >= 4 is 5.69 Å². The van der Waals surface area contributed by atoms with Crippen LogP contribution in [-0.2, 0) is 19.5 Å². The molecule has 0 aliphatic carbocycles. The maximum atomic E-state index is 12.5. The van der Waals surface area contributed by atoms with Crippen molar-refractivity contribution in [2.24, 2.45) is 0 Å². The number of nitrogens with zero attached hydrogens (tertiary/aromatic N) is 2. The summed E-state index contributed by atoms with van der Waals surface area (Å²) < 4.78 is 0. The third kappa shape index (κ3) is 3.50. The molecule has 0 spiro atoms. The first-order chi connectivity index (χ1) is 13.0. The lowest BCUT2D eigenvalue weighted by molar-refractivity contribution is 0.240. The van der Waals surface area contributed by atoms with Gasteiger partial charge < -0.3 is 20.9 Å². The largest absolute Gasteiger partial charge is 0.504 e. The molecule has 2 aromatic carbocycles. The summed E-state index contributed by atoms with van der Waals surface area (Å²) in [5.74, 6) is 0.261. The molecule has 2 heterocycles. The van der Waals surface area contributed by atoms with Gasteiger partial charge in [0.05, 0.1) is 5.69 Å². The average Bonchev–Trinajstić information content (AvgIpc) is 2.65. The molecule has 0 saturated carbocycles. The van der Waals surface area contributed by atoms with Crippen molar-refractivity contribution in [2.75, 3.05) is 12.3 Å². The summed E-state index contributed by atoms with van der Waals surface area (Å²) in [4.78, 5) is 22.2. The number of aromatic nitrogens is 2. The van der Waals surface area contributed by atoms with Gasteiger partial charge >= 0.3 is 0 Å². The predicted octanol–water partition coefficient (Wildman–Crippen LogP) is 1.99. The molecule has 0 bridgehead atoms. The van der Waals surface area contributed by atoms with Gasteiger partial charge in [0.15, 0.2) is 11.5 Å². The van der Waals surface area contributed by atoms with Crippen LogP contribution in [-0.4, -0.2) is 31.6 Å². The van der Waals surface area contributed by atoms with E-state index in [2.05, 4.69) is 14.9 Å². The zero-order valence-corrected chi connectivity index (χ0v) is 14.6. The Morgan fingerprint density at radius 3 is 2.63 bits per heavy atom. The van der Waals surface area contributed by atoms with E-state index in [-0.39, 0.29) is 17.1 Å². The molecule has 1 aliphatic heterocycles. The zero-order valence-electron chi connectivity index (χ0n) is 14.6. The Labute approximate surface area is 155 Å². The van der Waals surface area contributed by atoms with Gasteiger partial charge in [-0.3, -0.25) is 9.69 Å². The van der Waals surface area contributed by atoms with Crippen molar-refractivity contribution in [2.45, 2.75) is 19.5 Å². The minimum absolute atomic E-state index is 0.103. The molecule has 7 nitrogen and oxygen atoms in total. The Bertz CT molecular complexity index is 1040. The van der Waals surface area contributed by atoms with Gasteiger partial charge in [0.1, 0.15) is 5.82 Å². The van der Waals surface area contributed by atoms with E-state index >= 15 is 0 Å². The van der Waals surface area contributed by atoms with E-state index in [1.165, 1.54) is 6.07 Å². The van der Waals surface area contributed by atoms with E-state index in [1.54, 1.807) is 24.3 Å². The molecule has 138 valence electrons. The van der Waals surface area contributed by atoms with Gasteiger partial charge in [0.25, 0.3) is 5.56 Å². The SMILES string of the molecule is Nc1ccc(-c2nc3c(c(=O)[nH]2)CCN(Cc2ccc(O)c(O)c2)C3)cc1. The first-order valence-corrected chi connectivity index (χ1v) is 8.71. The van der Waals surface area contributed by atoms with Crippen LogP contribution in [0.2, 0.25) is 0 Å². The number of nitrogens with two attached hydrogens (primary N) is 1. The number of hydrogen-bond donors (Lipinski definition) is 4. The maximum absolute atomic E-state index is 12.5. The first-order valence-electron chi connectivity index (χ1n) is 8.71. The second-order valence-corrected chi connectivity index (χ2v) is 6.75. The number of aromatic hydroxyl groups is 2. The van der Waals surface area contributed by atoms with E-state index in [9.17, 15) is 15.0 Å². The summed E-state index contributed by atoms with van der Waals surface area (Å²) in [6, 6.07) is 12.0. The maximum Gasteiger partial charge on any atom is 0.254 e. The number of aromatic amines is 1. The third-order valence-electron chi connectivity index (χ3n) is 4.78. The highest BCUT2D eigenvalue weighted by Crippen LogP contribution is 2.26. The molecular formula is C20H20N4O3. The van der Waals surface area contributed by atoms with Crippen LogP contribution in [0.25, 0.3) is 11.4 Å². The Morgan fingerprint density at radius 2 is 1.89 bits per heavy atom. The quantitative estimate of drug-likeness (QED) is 0.417. The van der Waals surface area contributed by atoms with Crippen molar-refractivity contribution in [1.82, 2.24) is 14.9 Å². The molecule has 0 amide bonds. The highest BCUT2D eigenvalue weighted by molar-refractivity contribution is 5.58. The van der Waals surface area contributed by atoms with Gasteiger partial charge in [-0.1, -0.05) is 6.07 Å². The van der Waals surface area contributed by atoms with Gasteiger partial charge in [0, 0.05) is 36.4 Å². The molecule has 27 heavy (non-hydrogen) atoms. The highest BCUT2D eigenvalue weighted by Gasteiger charge is 2.21. The number of phenolic OH excluding ortho intramolecular Hbond substituents is 2. The number of phenols is 2. The topological polar surface area (TPSA) is 115 Å². The Balaban J connectivity index is 1.60. The molecule has 7 heteroatoms. The molecule has 1 aliphatic rings. The number of fused-ring (bicyclic) bond motifs is 1. The summed E-state index contributed by atoms with van der Waals surface area (Å²) in [6.07, 6.45) is 0.615. The van der Waals surface area contributed by atoms with Gasteiger partial charge in [-0.2, -0.15) is 0 Å². The van der Waals surface area contributed by atoms with E-state index in [0.717, 1.165) is 28.9 Å². The number of nitrogens with one attached hydrogen (secondary N) is 1. The second-order valence-electron chi connectivity index (χ2n) is 6.75. The molecule has 5 N–H and O–H groups in total. The minimum atomic E-state index is -0.135. The molecule has 3 aromatic rings. The van der Waals surface area contributed by atoms with Crippen molar-refractivity contribution in [3.8, 4) is 22.9 Å². The molecule has 0 fully saturated rings. The van der Waals surface area contributed by atoms with Crippen molar-refractivity contribution in [3.63, 3.8) is 0 Å². The van der Waals surface area contributed by atoms with Crippen LogP contribution < -0.4 is 11.3 Å². The van der Waals surface area contributed by atoms with Crippen LogP contribution in [0, 0.1) is 0 Å². The fourth-order valence-corrected chi connectivity index (χ4v) is 3.33. The lowest BCUT2D eigenvalue weighted by Gasteiger charge is -2.27. The fraction of sp³-hybridized carbons (Fsp3) is 0.200. The number of hydrogen-bond acceptors (Lipinski definition) is 6. The molecule has 0 unspecified atom stereocenters.